The van der Waals surface area contributed by atoms with Crippen LogP contribution in [0.1, 0.15) is 63.8 Å². The topological polar surface area (TPSA) is 21.7 Å². The van der Waals surface area contributed by atoms with Crippen LogP contribution in [0.15, 0.2) is 247 Å². The second-order valence-corrected chi connectivity index (χ2v) is 18.2. The second-order valence-electron chi connectivity index (χ2n) is 18.2. The molecule has 8 aromatic rings. The van der Waals surface area contributed by atoms with Crippen molar-refractivity contribution in [3.8, 4) is 34.1 Å². The quantitative estimate of drug-likeness (QED) is 0.176. The lowest BCUT2D eigenvalue weighted by Crippen LogP contribution is -2.38. The summed E-state index contributed by atoms with van der Waals surface area (Å²) in [6, 6.07) is 72.7. The molecule has 0 aromatic heterocycles. The summed E-state index contributed by atoms with van der Waals surface area (Å²) in [5.74, 6) is 3.68. The molecule has 2 spiro atoms. The highest BCUT2D eigenvalue weighted by atomic mass is 16.5. The van der Waals surface area contributed by atoms with E-state index in [1.165, 1.54) is 83.6 Å². The van der Waals surface area contributed by atoms with Crippen molar-refractivity contribution >= 4 is 16.8 Å². The number of fused-ring (bicyclic) bond motifs is 18. The minimum atomic E-state index is -0.518. The number of benzene rings is 8. The molecule has 0 saturated heterocycles. The Labute approximate surface area is 385 Å². The van der Waals surface area contributed by atoms with Crippen LogP contribution < -0.4 is 14.4 Å². The number of rotatable bonds is 4. The van der Waals surface area contributed by atoms with E-state index < -0.39 is 10.8 Å². The fourth-order valence-corrected chi connectivity index (χ4v) is 12.4. The SMILES string of the molecule is C1=C2CC(=CC=C1N(C1=CC3=C(CC1)C1(c4ccccc4Oc4ccccc41)c1ccccc13)c1ccc(-c3ccccc3)cc1)C1(c3ccccc3Oc3ccccc31)c1ccccc12. The van der Waals surface area contributed by atoms with Crippen LogP contribution in [0.25, 0.3) is 22.3 Å². The maximum Gasteiger partial charge on any atom is 0.132 e. The van der Waals surface area contributed by atoms with Gasteiger partial charge >= 0.3 is 0 Å². The van der Waals surface area contributed by atoms with Crippen LogP contribution in [0, 0.1) is 0 Å². The molecule has 3 heteroatoms. The summed E-state index contributed by atoms with van der Waals surface area (Å²) in [7, 11) is 0. The van der Waals surface area contributed by atoms with Crippen molar-refractivity contribution in [2.24, 2.45) is 0 Å². The van der Waals surface area contributed by atoms with E-state index in [9.17, 15) is 0 Å². The van der Waals surface area contributed by atoms with Crippen LogP contribution in [0.2, 0.25) is 0 Å². The lowest BCUT2D eigenvalue weighted by Gasteiger charge is -2.46. The lowest BCUT2D eigenvalue weighted by molar-refractivity contribution is 0.430. The van der Waals surface area contributed by atoms with Crippen LogP contribution >= 0.6 is 0 Å². The van der Waals surface area contributed by atoms with Crippen molar-refractivity contribution in [3.05, 3.63) is 292 Å². The number of para-hydroxylation sites is 4. The number of allylic oxidation sites excluding steroid dienone is 9. The van der Waals surface area contributed by atoms with E-state index in [1.54, 1.807) is 0 Å². The van der Waals surface area contributed by atoms with E-state index in [1.807, 2.05) is 0 Å². The van der Waals surface area contributed by atoms with Gasteiger partial charge in [-0.2, -0.15) is 0 Å². The molecule has 66 heavy (non-hydrogen) atoms. The monoisotopic (exact) mass is 845 g/mol. The van der Waals surface area contributed by atoms with Crippen molar-refractivity contribution in [3.63, 3.8) is 0 Å². The predicted octanol–water partition coefficient (Wildman–Crippen LogP) is 15.5. The molecule has 6 aliphatic rings. The molecule has 0 fully saturated rings. The highest BCUT2D eigenvalue weighted by Crippen LogP contribution is 2.64. The van der Waals surface area contributed by atoms with E-state index in [0.717, 1.165) is 53.6 Å². The van der Waals surface area contributed by atoms with Crippen LogP contribution in [-0.2, 0) is 10.8 Å². The highest BCUT2D eigenvalue weighted by molar-refractivity contribution is 5.94. The molecule has 3 nitrogen and oxygen atoms in total. The maximum absolute atomic E-state index is 6.68. The average molecular weight is 846 g/mol. The van der Waals surface area contributed by atoms with E-state index >= 15 is 0 Å². The third-order valence-corrected chi connectivity index (χ3v) is 15.0. The molecule has 2 aliphatic heterocycles. The van der Waals surface area contributed by atoms with E-state index in [4.69, 9.17) is 9.47 Å². The number of anilines is 1. The van der Waals surface area contributed by atoms with Crippen LogP contribution in [-0.4, -0.2) is 0 Å². The van der Waals surface area contributed by atoms with Crippen molar-refractivity contribution in [2.45, 2.75) is 30.1 Å². The van der Waals surface area contributed by atoms with Gasteiger partial charge in [0.1, 0.15) is 23.0 Å². The molecule has 0 amide bonds. The Morgan fingerprint density at radius 3 is 1.48 bits per heavy atom. The number of nitrogens with zero attached hydrogens (tertiary/aromatic N) is 1. The van der Waals surface area contributed by atoms with Crippen LogP contribution in [0.4, 0.5) is 5.69 Å². The summed E-state index contributed by atoms with van der Waals surface area (Å²) >= 11 is 0. The zero-order chi connectivity index (χ0) is 43.4. The van der Waals surface area contributed by atoms with Gasteiger partial charge in [-0.3, -0.25) is 0 Å². The van der Waals surface area contributed by atoms with Gasteiger partial charge in [-0.1, -0.05) is 170 Å². The number of hydrogen-bond donors (Lipinski definition) is 0. The molecule has 2 bridgehead atoms. The zero-order valence-corrected chi connectivity index (χ0v) is 36.2. The van der Waals surface area contributed by atoms with Gasteiger partial charge in [0.05, 0.1) is 10.8 Å². The first-order valence-corrected chi connectivity index (χ1v) is 23.2. The van der Waals surface area contributed by atoms with Crippen molar-refractivity contribution in [1.82, 2.24) is 0 Å². The molecule has 0 unspecified atom stereocenters. The molecule has 0 radical (unpaired) electrons. The highest BCUT2D eigenvalue weighted by Gasteiger charge is 2.53. The summed E-state index contributed by atoms with van der Waals surface area (Å²) in [4.78, 5) is 2.55. The van der Waals surface area contributed by atoms with E-state index in [2.05, 4.69) is 229 Å². The third-order valence-electron chi connectivity index (χ3n) is 15.0. The second kappa shape index (κ2) is 14.2. The van der Waals surface area contributed by atoms with Crippen molar-refractivity contribution < 1.29 is 9.47 Å². The molecule has 4 aliphatic carbocycles. The van der Waals surface area contributed by atoms with Gasteiger partial charge in [-0.25, -0.2) is 0 Å². The molecule has 8 aromatic carbocycles. The Hall–Kier alpha value is -8.14. The summed E-state index contributed by atoms with van der Waals surface area (Å²) in [5, 5.41) is 0. The largest absolute Gasteiger partial charge is 0.457 e. The van der Waals surface area contributed by atoms with Gasteiger partial charge in [0.15, 0.2) is 0 Å². The van der Waals surface area contributed by atoms with E-state index in [-0.39, 0.29) is 0 Å². The Morgan fingerprint density at radius 2 is 0.879 bits per heavy atom. The average Bonchev–Trinajstić information content (AvgIpc) is 3.51. The Morgan fingerprint density at radius 1 is 0.394 bits per heavy atom. The van der Waals surface area contributed by atoms with Crippen molar-refractivity contribution in [1.29, 1.82) is 0 Å². The molecule has 312 valence electrons. The Balaban J connectivity index is 1.00. The van der Waals surface area contributed by atoms with Gasteiger partial charge in [0, 0.05) is 39.3 Å². The molecule has 0 N–H and O–H groups in total. The minimum absolute atomic E-state index is 0.457. The van der Waals surface area contributed by atoms with Gasteiger partial charge in [-0.15, -0.1) is 0 Å². The predicted molar refractivity (Wildman–Crippen MR) is 266 cm³/mol. The summed E-state index contributed by atoms with van der Waals surface area (Å²) in [6.07, 6.45) is 12.4. The third kappa shape index (κ3) is 5.08. The van der Waals surface area contributed by atoms with Crippen LogP contribution in [0.3, 0.4) is 0 Å². The smallest absolute Gasteiger partial charge is 0.132 e. The van der Waals surface area contributed by atoms with E-state index in [0.29, 0.717) is 0 Å². The number of hydrogen-bond acceptors (Lipinski definition) is 3. The Kier molecular flexibility index (Phi) is 8.00. The van der Waals surface area contributed by atoms with Crippen LogP contribution in [0.5, 0.6) is 23.0 Å². The molecular weight excluding hydrogens is 803 g/mol. The van der Waals surface area contributed by atoms with Gasteiger partial charge < -0.3 is 14.4 Å². The first-order chi connectivity index (χ1) is 32.7. The minimum Gasteiger partial charge on any atom is -0.457 e. The summed E-state index contributed by atoms with van der Waals surface area (Å²) in [5.41, 5.74) is 20.4. The normalized spacial score (nSPS) is 17.1. The molecule has 2 heterocycles. The molecule has 14 rings (SSSR count). The fourth-order valence-electron chi connectivity index (χ4n) is 12.4. The first kappa shape index (κ1) is 37.3. The number of ether oxygens (including phenoxy) is 2. The van der Waals surface area contributed by atoms with Gasteiger partial charge in [0.2, 0.25) is 0 Å². The molecular formula is C63H43NO2. The fraction of sp³-hybridized carbons (Fsp3) is 0.0794. The standard InChI is InChI=1S/C63H43NO2/c1-2-16-41(17-3-1)42-30-33-45(34-31-42)64(47-36-37-53-50(40-47)49-19-5-7-21-52(49)63(53)56-24-10-14-28-60(56)66-61-29-15-11-25-57(61)63)46-35-32-44-38-43(39-46)48-18-4-6-20-51(48)62(44)54-22-8-12-26-58(54)65-59-27-13-9-23-55(59)62/h1-35,39-40H,36-38H2. The van der Waals surface area contributed by atoms with Gasteiger partial charge in [-0.05, 0) is 130 Å². The Bertz CT molecular complexity index is 3420. The molecule has 0 saturated carbocycles. The molecule has 0 atom stereocenters. The van der Waals surface area contributed by atoms with Crippen molar-refractivity contribution in [2.75, 3.05) is 4.90 Å². The summed E-state index contributed by atoms with van der Waals surface area (Å²) < 4.78 is 13.4. The maximum atomic E-state index is 6.68. The zero-order valence-electron chi connectivity index (χ0n) is 36.2. The van der Waals surface area contributed by atoms with Gasteiger partial charge in [0.25, 0.3) is 0 Å². The summed E-state index contributed by atoms with van der Waals surface area (Å²) in [6.45, 7) is 0. The first-order valence-electron chi connectivity index (χ1n) is 23.2. The lowest BCUT2D eigenvalue weighted by atomic mass is 9.57.